The lowest BCUT2D eigenvalue weighted by molar-refractivity contribution is -0.152. The number of esters is 1. The van der Waals surface area contributed by atoms with E-state index in [4.69, 9.17) is 25.8 Å². The number of benzene rings is 3. The number of rotatable bonds is 12. The van der Waals surface area contributed by atoms with E-state index in [1.807, 2.05) is 18.2 Å². The average molecular weight is 573 g/mol. The van der Waals surface area contributed by atoms with Crippen molar-refractivity contribution in [2.75, 3.05) is 12.5 Å². The Morgan fingerprint density at radius 2 is 1.49 bits per heavy atom. The number of ether oxygens (including phenoxy) is 3. The smallest absolute Gasteiger partial charge is 0.302 e. The zero-order valence-electron chi connectivity index (χ0n) is 24.2. The first-order valence-electron chi connectivity index (χ1n) is 14.9. The van der Waals surface area contributed by atoms with E-state index in [1.54, 1.807) is 0 Å². The van der Waals surface area contributed by atoms with Crippen LogP contribution in [0.15, 0.2) is 78.9 Å². The van der Waals surface area contributed by atoms with Gasteiger partial charge in [-0.05, 0) is 103 Å². The van der Waals surface area contributed by atoms with Gasteiger partial charge >= 0.3 is 5.97 Å². The van der Waals surface area contributed by atoms with Crippen LogP contribution in [0, 0.1) is 11.3 Å². The number of alkyl halides is 1. The van der Waals surface area contributed by atoms with E-state index in [1.165, 1.54) is 29.2 Å². The van der Waals surface area contributed by atoms with E-state index in [2.05, 4.69) is 67.6 Å². The molecule has 41 heavy (non-hydrogen) atoms. The van der Waals surface area contributed by atoms with Gasteiger partial charge in [0.25, 0.3) is 0 Å². The summed E-state index contributed by atoms with van der Waals surface area (Å²) in [5, 5.41) is 0. The van der Waals surface area contributed by atoms with Crippen molar-refractivity contribution in [1.82, 2.24) is 0 Å². The molecule has 0 N–H and O–H groups in total. The van der Waals surface area contributed by atoms with E-state index in [0.29, 0.717) is 25.0 Å². The van der Waals surface area contributed by atoms with Gasteiger partial charge in [0, 0.05) is 18.2 Å². The molecule has 3 aromatic rings. The highest BCUT2D eigenvalue weighted by molar-refractivity contribution is 6.17. The maximum Gasteiger partial charge on any atom is 0.302 e. The summed E-state index contributed by atoms with van der Waals surface area (Å²) in [6, 6.07) is 27.3. The van der Waals surface area contributed by atoms with E-state index in [-0.39, 0.29) is 17.5 Å². The van der Waals surface area contributed by atoms with Crippen LogP contribution in [0.25, 0.3) is 11.1 Å². The van der Waals surface area contributed by atoms with Crippen molar-refractivity contribution in [3.05, 3.63) is 95.6 Å². The van der Waals surface area contributed by atoms with Gasteiger partial charge in [0.1, 0.15) is 24.2 Å². The van der Waals surface area contributed by atoms with Crippen LogP contribution in [0.1, 0.15) is 75.5 Å². The van der Waals surface area contributed by atoms with E-state index < -0.39 is 0 Å². The quantitative estimate of drug-likeness (QED) is 0.123. The Bertz CT molecular complexity index is 1320. The summed E-state index contributed by atoms with van der Waals surface area (Å²) < 4.78 is 17.9. The molecular formula is C36H41ClO4. The third-order valence-corrected chi connectivity index (χ3v) is 9.09. The fraction of sp³-hybridized carbons (Fsp3) is 0.417. The second-order valence-electron chi connectivity index (χ2n) is 11.6. The summed E-state index contributed by atoms with van der Waals surface area (Å²) in [6.07, 6.45) is 6.89. The van der Waals surface area contributed by atoms with Crippen molar-refractivity contribution in [3.63, 3.8) is 0 Å². The number of halogens is 1. The zero-order chi connectivity index (χ0) is 28.7. The molecule has 2 aliphatic carbocycles. The Morgan fingerprint density at radius 3 is 2.15 bits per heavy atom. The molecule has 1 fully saturated rings. The molecule has 216 valence electrons. The molecule has 2 aliphatic rings. The summed E-state index contributed by atoms with van der Waals surface area (Å²) in [4.78, 5) is 11.9. The minimum atomic E-state index is -0.188. The first-order valence-corrected chi connectivity index (χ1v) is 15.5. The number of carbonyl (C=O) groups is 1. The molecule has 4 nitrogen and oxygen atoms in total. The molecule has 0 spiro atoms. The van der Waals surface area contributed by atoms with Gasteiger partial charge in [-0.1, -0.05) is 61.5 Å². The summed E-state index contributed by atoms with van der Waals surface area (Å²) in [5.41, 5.74) is 6.20. The minimum absolute atomic E-state index is 0.0501. The average Bonchev–Trinajstić information content (AvgIpc) is 3.30. The minimum Gasteiger partial charge on any atom is -0.494 e. The lowest BCUT2D eigenvalue weighted by Crippen LogP contribution is -2.38. The maximum absolute atomic E-state index is 11.9. The van der Waals surface area contributed by atoms with Crippen molar-refractivity contribution >= 4 is 28.7 Å². The predicted octanol–water partition coefficient (Wildman–Crippen LogP) is 9.11. The molecular weight excluding hydrogens is 532 g/mol. The lowest BCUT2D eigenvalue weighted by Gasteiger charge is -2.42. The van der Waals surface area contributed by atoms with Gasteiger partial charge in [-0.15, -0.1) is 11.6 Å². The standard InChI is InChI=1S/C36H41ClO4/c1-26(38)41-35-20-15-30-23-33(28-11-18-32(19-12-28)40-25-27-9-5-3-6-10-27)34(24-36(30,35)2)29-13-16-31(17-14-29)39-22-8-4-7-21-37/h3,5-6,9-14,16-19,30,35H,4,7-8,15,20-25H2,1-2H3/t30-,35-,36-/m0/s1. The number of allylic oxidation sites excluding steroid dienone is 2. The monoisotopic (exact) mass is 572 g/mol. The first-order chi connectivity index (χ1) is 20.0. The fourth-order valence-electron chi connectivity index (χ4n) is 6.50. The Kier molecular flexibility index (Phi) is 9.72. The van der Waals surface area contributed by atoms with Gasteiger partial charge in [-0.25, -0.2) is 0 Å². The van der Waals surface area contributed by atoms with Crippen LogP contribution in [0.4, 0.5) is 0 Å². The highest BCUT2D eigenvalue weighted by Gasteiger charge is 2.51. The Balaban J connectivity index is 1.39. The molecule has 0 unspecified atom stereocenters. The van der Waals surface area contributed by atoms with Crippen LogP contribution in [0.2, 0.25) is 0 Å². The molecule has 0 aliphatic heterocycles. The summed E-state index contributed by atoms with van der Waals surface area (Å²) in [6.45, 7) is 5.09. The molecule has 0 saturated heterocycles. The summed E-state index contributed by atoms with van der Waals surface area (Å²) in [7, 11) is 0. The largest absolute Gasteiger partial charge is 0.494 e. The Morgan fingerprint density at radius 1 is 0.829 bits per heavy atom. The Labute approximate surface area is 249 Å². The number of carbonyl (C=O) groups excluding carboxylic acids is 1. The second kappa shape index (κ2) is 13.6. The zero-order valence-corrected chi connectivity index (χ0v) is 25.0. The number of unbranched alkanes of at least 4 members (excludes halogenated alkanes) is 2. The summed E-state index contributed by atoms with van der Waals surface area (Å²) >= 11 is 5.79. The van der Waals surface area contributed by atoms with Crippen LogP contribution in [0.5, 0.6) is 11.5 Å². The Hall–Kier alpha value is -3.24. The van der Waals surface area contributed by atoms with E-state index in [0.717, 1.165) is 62.0 Å². The third kappa shape index (κ3) is 7.16. The van der Waals surface area contributed by atoms with Crippen molar-refractivity contribution in [2.45, 2.75) is 71.5 Å². The fourth-order valence-corrected chi connectivity index (χ4v) is 6.69. The SMILES string of the molecule is CC(=O)O[C@H]1CC[C@H]2CC(c3ccc(OCc4ccccc4)cc3)=C(c3ccc(OCCCCCCl)cc3)C[C@@]21C. The highest BCUT2D eigenvalue weighted by atomic mass is 35.5. The highest BCUT2D eigenvalue weighted by Crippen LogP contribution is 2.58. The van der Waals surface area contributed by atoms with E-state index in [9.17, 15) is 4.79 Å². The normalized spacial score (nSPS) is 21.8. The summed E-state index contributed by atoms with van der Waals surface area (Å²) in [5.74, 6) is 2.74. The molecule has 0 radical (unpaired) electrons. The van der Waals surface area contributed by atoms with Crippen molar-refractivity contribution in [2.24, 2.45) is 11.3 Å². The van der Waals surface area contributed by atoms with Gasteiger partial charge in [-0.2, -0.15) is 0 Å². The molecule has 0 aromatic heterocycles. The predicted molar refractivity (Wildman–Crippen MR) is 166 cm³/mol. The van der Waals surface area contributed by atoms with Crippen LogP contribution >= 0.6 is 11.6 Å². The number of hydrogen-bond acceptors (Lipinski definition) is 4. The van der Waals surface area contributed by atoms with Crippen molar-refractivity contribution in [1.29, 1.82) is 0 Å². The van der Waals surface area contributed by atoms with Crippen LogP contribution < -0.4 is 9.47 Å². The lowest BCUT2D eigenvalue weighted by atomic mass is 9.64. The molecule has 0 amide bonds. The van der Waals surface area contributed by atoms with Gasteiger partial charge in [-0.3, -0.25) is 4.79 Å². The van der Waals surface area contributed by atoms with Gasteiger partial charge in [0.05, 0.1) is 6.61 Å². The van der Waals surface area contributed by atoms with Gasteiger partial charge < -0.3 is 14.2 Å². The second-order valence-corrected chi connectivity index (χ2v) is 12.0. The van der Waals surface area contributed by atoms with Crippen LogP contribution in [-0.4, -0.2) is 24.6 Å². The molecule has 5 rings (SSSR count). The third-order valence-electron chi connectivity index (χ3n) is 8.83. The number of hydrogen-bond donors (Lipinski definition) is 0. The van der Waals surface area contributed by atoms with Crippen LogP contribution in [-0.2, 0) is 16.1 Å². The van der Waals surface area contributed by atoms with Gasteiger partial charge in [0.2, 0.25) is 0 Å². The molecule has 0 heterocycles. The molecule has 5 heteroatoms. The topological polar surface area (TPSA) is 44.8 Å². The molecule has 3 atom stereocenters. The van der Waals surface area contributed by atoms with E-state index >= 15 is 0 Å². The molecule has 0 bridgehead atoms. The van der Waals surface area contributed by atoms with Crippen molar-refractivity contribution < 1.29 is 19.0 Å². The number of fused-ring (bicyclic) bond motifs is 1. The maximum atomic E-state index is 11.9. The van der Waals surface area contributed by atoms with Crippen LogP contribution in [0.3, 0.4) is 0 Å². The molecule has 1 saturated carbocycles. The molecule has 3 aromatic carbocycles. The van der Waals surface area contributed by atoms with Crippen molar-refractivity contribution in [3.8, 4) is 11.5 Å². The first kappa shape index (κ1) is 29.3. The van der Waals surface area contributed by atoms with Gasteiger partial charge in [0.15, 0.2) is 0 Å².